The highest BCUT2D eigenvalue weighted by molar-refractivity contribution is 5.97. The van der Waals surface area contributed by atoms with E-state index in [2.05, 4.69) is 5.32 Å². The second-order valence-corrected chi connectivity index (χ2v) is 5.97. The lowest BCUT2D eigenvalue weighted by Crippen LogP contribution is -2.21. The Balaban J connectivity index is 1.60. The van der Waals surface area contributed by atoms with E-state index < -0.39 is 11.9 Å². The van der Waals surface area contributed by atoms with E-state index in [1.165, 1.54) is 0 Å². The van der Waals surface area contributed by atoms with E-state index >= 15 is 0 Å². The van der Waals surface area contributed by atoms with Crippen molar-refractivity contribution in [2.75, 3.05) is 18.7 Å². The van der Waals surface area contributed by atoms with Crippen molar-refractivity contribution in [1.82, 2.24) is 0 Å². The zero-order chi connectivity index (χ0) is 18.0. The molecule has 3 rings (SSSR count). The summed E-state index contributed by atoms with van der Waals surface area (Å²) in [4.78, 5) is 24.3. The molecule has 1 N–H and O–H groups in total. The topological polar surface area (TPSA) is 73.9 Å². The van der Waals surface area contributed by atoms with Crippen molar-refractivity contribution in [3.63, 3.8) is 0 Å². The molecule has 0 fully saturated rings. The van der Waals surface area contributed by atoms with Crippen LogP contribution >= 0.6 is 0 Å². The minimum absolute atomic E-state index is 0.166. The maximum atomic E-state index is 12.3. The second kappa shape index (κ2) is 6.84. The molecule has 1 aliphatic heterocycles. The van der Waals surface area contributed by atoms with Gasteiger partial charge in [-0.2, -0.15) is 0 Å². The largest absolute Gasteiger partial charge is 0.454 e. The number of amides is 1. The molecule has 6 nitrogen and oxygen atoms in total. The number of hydrogen-bond donors (Lipinski definition) is 1. The Morgan fingerprint density at radius 1 is 1.04 bits per heavy atom. The van der Waals surface area contributed by atoms with Gasteiger partial charge in [0.2, 0.25) is 6.79 Å². The molecule has 0 bridgehead atoms. The predicted octanol–water partition coefficient (Wildman–Crippen LogP) is 3.14. The van der Waals surface area contributed by atoms with E-state index in [0.717, 1.165) is 16.7 Å². The van der Waals surface area contributed by atoms with Gasteiger partial charge in [-0.3, -0.25) is 4.79 Å². The van der Waals surface area contributed by atoms with Crippen molar-refractivity contribution >= 4 is 17.6 Å². The molecule has 0 unspecified atom stereocenters. The highest BCUT2D eigenvalue weighted by atomic mass is 16.7. The van der Waals surface area contributed by atoms with Gasteiger partial charge in [-0.05, 0) is 44.0 Å². The molecule has 1 amide bonds. The Hall–Kier alpha value is -3.02. The van der Waals surface area contributed by atoms with Crippen LogP contribution in [0.2, 0.25) is 0 Å². The molecule has 2 aromatic rings. The summed E-state index contributed by atoms with van der Waals surface area (Å²) in [6.45, 7) is 5.47. The van der Waals surface area contributed by atoms with E-state index in [9.17, 15) is 9.59 Å². The van der Waals surface area contributed by atoms with E-state index in [4.69, 9.17) is 14.2 Å². The predicted molar refractivity (Wildman–Crippen MR) is 92.1 cm³/mol. The number of carbonyl (C=O) groups is 2. The van der Waals surface area contributed by atoms with Gasteiger partial charge in [0, 0.05) is 11.8 Å². The fourth-order valence-corrected chi connectivity index (χ4v) is 2.88. The quantitative estimate of drug-likeness (QED) is 0.865. The summed E-state index contributed by atoms with van der Waals surface area (Å²) in [5, 5.41) is 2.67. The third-order valence-electron chi connectivity index (χ3n) is 3.87. The van der Waals surface area contributed by atoms with E-state index in [1.807, 2.05) is 32.9 Å². The normalized spacial score (nSPS) is 12.0. The molecule has 0 aromatic heterocycles. The third kappa shape index (κ3) is 3.74. The number of anilines is 1. The number of ether oxygens (including phenoxy) is 3. The first-order chi connectivity index (χ1) is 11.9. The molecular formula is C19H19NO5. The Kier molecular flexibility index (Phi) is 4.61. The zero-order valence-corrected chi connectivity index (χ0v) is 14.3. The van der Waals surface area contributed by atoms with Crippen LogP contribution in [0, 0.1) is 20.8 Å². The van der Waals surface area contributed by atoms with Crippen molar-refractivity contribution in [2.45, 2.75) is 20.8 Å². The number of hydrogen-bond acceptors (Lipinski definition) is 5. The molecule has 0 saturated carbocycles. The van der Waals surface area contributed by atoms with E-state index in [-0.39, 0.29) is 13.4 Å². The molecule has 0 radical (unpaired) electrons. The highest BCUT2D eigenvalue weighted by Gasteiger charge is 2.17. The molecule has 0 atom stereocenters. The monoisotopic (exact) mass is 341 g/mol. The summed E-state index contributed by atoms with van der Waals surface area (Å²) in [5.41, 5.74) is 3.79. The molecule has 0 saturated heterocycles. The first kappa shape index (κ1) is 16.8. The number of rotatable bonds is 4. The summed E-state index contributed by atoms with van der Waals surface area (Å²) < 4.78 is 15.6. The van der Waals surface area contributed by atoms with Crippen LogP contribution in [0.3, 0.4) is 0 Å². The van der Waals surface area contributed by atoms with Crippen LogP contribution in [-0.2, 0) is 9.53 Å². The lowest BCUT2D eigenvalue weighted by Gasteiger charge is -2.11. The Labute approximate surface area is 145 Å². The molecule has 0 spiro atoms. The summed E-state index contributed by atoms with van der Waals surface area (Å²) in [5.74, 6) is 0.279. The number of fused-ring (bicyclic) bond motifs is 1. The van der Waals surface area contributed by atoms with Crippen LogP contribution in [0.25, 0.3) is 0 Å². The summed E-state index contributed by atoms with van der Waals surface area (Å²) in [6, 6.07) is 8.90. The van der Waals surface area contributed by atoms with E-state index in [1.54, 1.807) is 18.2 Å². The first-order valence-electron chi connectivity index (χ1n) is 7.88. The van der Waals surface area contributed by atoms with Gasteiger partial charge in [0.1, 0.15) is 0 Å². The third-order valence-corrected chi connectivity index (χ3v) is 3.87. The summed E-state index contributed by atoms with van der Waals surface area (Å²) in [6.07, 6.45) is 0. The number of benzene rings is 2. The van der Waals surface area contributed by atoms with Crippen molar-refractivity contribution in [3.05, 3.63) is 52.6 Å². The fraction of sp³-hybridized carbons (Fsp3) is 0.263. The van der Waals surface area contributed by atoms with Crippen LogP contribution in [0.15, 0.2) is 30.3 Å². The maximum Gasteiger partial charge on any atom is 0.339 e. The molecule has 1 heterocycles. The van der Waals surface area contributed by atoms with Crippen LogP contribution in [0.4, 0.5) is 5.69 Å². The minimum Gasteiger partial charge on any atom is -0.454 e. The summed E-state index contributed by atoms with van der Waals surface area (Å²) in [7, 11) is 0. The van der Waals surface area contributed by atoms with Crippen LogP contribution in [-0.4, -0.2) is 25.3 Å². The molecule has 1 aliphatic rings. The summed E-state index contributed by atoms with van der Waals surface area (Å²) >= 11 is 0. The van der Waals surface area contributed by atoms with E-state index in [0.29, 0.717) is 22.7 Å². The Morgan fingerprint density at radius 2 is 1.72 bits per heavy atom. The Bertz CT molecular complexity index is 821. The average molecular weight is 341 g/mol. The molecule has 130 valence electrons. The van der Waals surface area contributed by atoms with Gasteiger partial charge in [-0.1, -0.05) is 17.7 Å². The lowest BCUT2D eigenvalue weighted by atomic mass is 10.00. The molecule has 6 heteroatoms. The Morgan fingerprint density at radius 3 is 2.44 bits per heavy atom. The van der Waals surface area contributed by atoms with Crippen molar-refractivity contribution in [3.8, 4) is 11.5 Å². The van der Waals surface area contributed by atoms with Gasteiger partial charge in [-0.25, -0.2) is 4.79 Å². The van der Waals surface area contributed by atoms with Crippen LogP contribution in [0.1, 0.15) is 27.0 Å². The first-order valence-corrected chi connectivity index (χ1v) is 7.88. The standard InChI is InChI=1S/C19H19NO5/c1-11-6-12(2)18(13(3)7-11)19(22)23-9-17(21)20-14-4-5-15-16(8-14)25-10-24-15/h4-8H,9-10H2,1-3H3,(H,20,21). The van der Waals surface area contributed by atoms with Gasteiger partial charge in [0.25, 0.3) is 5.91 Å². The van der Waals surface area contributed by atoms with Gasteiger partial charge < -0.3 is 19.5 Å². The van der Waals surface area contributed by atoms with Gasteiger partial charge in [0.05, 0.1) is 5.56 Å². The van der Waals surface area contributed by atoms with Gasteiger partial charge in [0.15, 0.2) is 18.1 Å². The zero-order valence-electron chi connectivity index (χ0n) is 14.3. The molecule has 2 aromatic carbocycles. The second-order valence-electron chi connectivity index (χ2n) is 5.97. The van der Waals surface area contributed by atoms with Crippen molar-refractivity contribution < 1.29 is 23.8 Å². The SMILES string of the molecule is Cc1cc(C)c(C(=O)OCC(=O)Nc2ccc3c(c2)OCO3)c(C)c1. The molecule has 0 aliphatic carbocycles. The van der Waals surface area contributed by atoms with Gasteiger partial charge in [-0.15, -0.1) is 0 Å². The number of aryl methyl sites for hydroxylation is 3. The van der Waals surface area contributed by atoms with Crippen molar-refractivity contribution in [2.24, 2.45) is 0 Å². The number of carbonyl (C=O) groups excluding carboxylic acids is 2. The van der Waals surface area contributed by atoms with Crippen molar-refractivity contribution in [1.29, 1.82) is 0 Å². The minimum atomic E-state index is -0.504. The fourth-order valence-electron chi connectivity index (χ4n) is 2.88. The highest BCUT2D eigenvalue weighted by Crippen LogP contribution is 2.34. The smallest absolute Gasteiger partial charge is 0.339 e. The lowest BCUT2D eigenvalue weighted by molar-refractivity contribution is -0.119. The van der Waals surface area contributed by atoms with Crippen LogP contribution in [0.5, 0.6) is 11.5 Å². The molecule has 25 heavy (non-hydrogen) atoms. The molecular weight excluding hydrogens is 322 g/mol. The van der Waals surface area contributed by atoms with Gasteiger partial charge >= 0.3 is 5.97 Å². The average Bonchev–Trinajstić information content (AvgIpc) is 2.99. The number of nitrogens with one attached hydrogen (secondary N) is 1. The number of esters is 1. The maximum absolute atomic E-state index is 12.3. The van der Waals surface area contributed by atoms with Crippen LogP contribution < -0.4 is 14.8 Å².